The molecular weight excluding hydrogens is 293 g/mol. The second-order valence-corrected chi connectivity index (χ2v) is 5.09. The number of halogens is 3. The standard InChI is InChI=1S/C13H21F3O5/c1-5-12(3,4)11(18)20-7-6-19-10(17)8-21-9(2)13(14,15)16/h9H,5-8H2,1-4H3. The third kappa shape index (κ3) is 7.89. The van der Waals surface area contributed by atoms with Crippen LogP contribution in [0.2, 0.25) is 0 Å². The Labute approximate surface area is 121 Å². The Morgan fingerprint density at radius 3 is 2.10 bits per heavy atom. The van der Waals surface area contributed by atoms with Crippen LogP contribution >= 0.6 is 0 Å². The van der Waals surface area contributed by atoms with E-state index in [1.54, 1.807) is 13.8 Å². The predicted octanol–water partition coefficient (Wildman–Crippen LogP) is 2.48. The topological polar surface area (TPSA) is 61.8 Å². The summed E-state index contributed by atoms with van der Waals surface area (Å²) in [6.07, 6.45) is -5.98. The molecule has 8 heteroatoms. The van der Waals surface area contributed by atoms with Crippen LogP contribution < -0.4 is 0 Å². The Hall–Kier alpha value is -1.31. The first-order valence-corrected chi connectivity index (χ1v) is 6.52. The number of ether oxygens (including phenoxy) is 3. The van der Waals surface area contributed by atoms with Gasteiger partial charge in [0.2, 0.25) is 0 Å². The summed E-state index contributed by atoms with van der Waals surface area (Å²) in [6.45, 7) is 4.87. The third-order valence-corrected chi connectivity index (χ3v) is 2.93. The van der Waals surface area contributed by atoms with Gasteiger partial charge in [0, 0.05) is 0 Å². The first-order valence-electron chi connectivity index (χ1n) is 6.52. The molecule has 124 valence electrons. The highest BCUT2D eigenvalue weighted by atomic mass is 19.4. The number of rotatable bonds is 8. The number of alkyl halides is 3. The van der Waals surface area contributed by atoms with Crippen molar-refractivity contribution in [2.24, 2.45) is 5.41 Å². The average molecular weight is 314 g/mol. The lowest BCUT2D eigenvalue weighted by Crippen LogP contribution is -2.31. The summed E-state index contributed by atoms with van der Waals surface area (Å²) in [5.74, 6) is -1.38. The van der Waals surface area contributed by atoms with Crippen LogP contribution in [0.3, 0.4) is 0 Å². The highest BCUT2D eigenvalue weighted by Crippen LogP contribution is 2.22. The molecule has 0 N–H and O–H groups in total. The third-order valence-electron chi connectivity index (χ3n) is 2.93. The molecule has 0 radical (unpaired) electrons. The van der Waals surface area contributed by atoms with Gasteiger partial charge in [-0.15, -0.1) is 0 Å². The van der Waals surface area contributed by atoms with E-state index in [-0.39, 0.29) is 13.2 Å². The Kier molecular flexibility index (Phi) is 7.70. The van der Waals surface area contributed by atoms with E-state index >= 15 is 0 Å². The van der Waals surface area contributed by atoms with Gasteiger partial charge in [0.05, 0.1) is 5.41 Å². The fourth-order valence-electron chi connectivity index (χ4n) is 0.959. The summed E-state index contributed by atoms with van der Waals surface area (Å²) >= 11 is 0. The fourth-order valence-corrected chi connectivity index (χ4v) is 0.959. The molecule has 0 aliphatic rings. The molecule has 5 nitrogen and oxygen atoms in total. The van der Waals surface area contributed by atoms with Crippen molar-refractivity contribution in [2.45, 2.75) is 46.4 Å². The van der Waals surface area contributed by atoms with E-state index < -0.39 is 36.2 Å². The minimum atomic E-state index is -4.53. The van der Waals surface area contributed by atoms with Gasteiger partial charge < -0.3 is 14.2 Å². The van der Waals surface area contributed by atoms with Crippen LogP contribution in [0.1, 0.15) is 34.1 Å². The number of carbonyl (C=O) groups is 2. The molecule has 21 heavy (non-hydrogen) atoms. The largest absolute Gasteiger partial charge is 0.462 e. The number of hydrogen-bond acceptors (Lipinski definition) is 5. The normalized spacial score (nSPS) is 13.7. The maximum Gasteiger partial charge on any atom is 0.414 e. The SMILES string of the molecule is CCC(C)(C)C(=O)OCCOC(=O)COC(C)C(F)(F)F. The molecule has 0 amide bonds. The van der Waals surface area contributed by atoms with Crippen molar-refractivity contribution >= 4 is 11.9 Å². The van der Waals surface area contributed by atoms with Gasteiger partial charge in [-0.25, -0.2) is 4.79 Å². The number of carbonyl (C=O) groups excluding carboxylic acids is 2. The Balaban J connectivity index is 3.84. The van der Waals surface area contributed by atoms with Crippen LogP contribution in [0.4, 0.5) is 13.2 Å². The van der Waals surface area contributed by atoms with E-state index in [1.165, 1.54) is 0 Å². The second-order valence-electron chi connectivity index (χ2n) is 5.09. The van der Waals surface area contributed by atoms with Crippen molar-refractivity contribution in [1.82, 2.24) is 0 Å². The molecule has 1 atom stereocenters. The van der Waals surface area contributed by atoms with E-state index in [1.807, 2.05) is 6.92 Å². The molecule has 0 heterocycles. The molecule has 0 rings (SSSR count). The lowest BCUT2D eigenvalue weighted by Gasteiger charge is -2.20. The van der Waals surface area contributed by atoms with Crippen LogP contribution in [0, 0.1) is 5.41 Å². The zero-order valence-corrected chi connectivity index (χ0v) is 12.6. The smallest absolute Gasteiger partial charge is 0.414 e. The zero-order chi connectivity index (χ0) is 16.7. The number of hydrogen-bond donors (Lipinski definition) is 0. The molecule has 0 aliphatic heterocycles. The Morgan fingerprint density at radius 2 is 1.62 bits per heavy atom. The van der Waals surface area contributed by atoms with Gasteiger partial charge in [-0.2, -0.15) is 13.2 Å². The molecule has 0 fully saturated rings. The van der Waals surface area contributed by atoms with Crippen LogP contribution in [0.15, 0.2) is 0 Å². The molecule has 0 saturated carbocycles. The van der Waals surface area contributed by atoms with Gasteiger partial charge in [0.15, 0.2) is 6.10 Å². The highest BCUT2D eigenvalue weighted by Gasteiger charge is 2.37. The van der Waals surface area contributed by atoms with Crippen molar-refractivity contribution in [3.05, 3.63) is 0 Å². The molecule has 0 aromatic heterocycles. The summed E-state index contributed by atoms with van der Waals surface area (Å²) in [4.78, 5) is 22.7. The maximum atomic E-state index is 12.1. The summed E-state index contributed by atoms with van der Waals surface area (Å²) in [5.41, 5.74) is -0.630. The van der Waals surface area contributed by atoms with Gasteiger partial charge in [0.25, 0.3) is 0 Å². The summed E-state index contributed by atoms with van der Waals surface area (Å²) in [6, 6.07) is 0. The molecule has 0 bridgehead atoms. The van der Waals surface area contributed by atoms with E-state index in [9.17, 15) is 22.8 Å². The quantitative estimate of drug-likeness (QED) is 0.509. The molecule has 0 aromatic rings. The van der Waals surface area contributed by atoms with Gasteiger partial charge in [-0.05, 0) is 27.2 Å². The van der Waals surface area contributed by atoms with Crippen molar-refractivity contribution < 1.29 is 37.0 Å². The summed E-state index contributed by atoms with van der Waals surface area (Å²) < 4.78 is 50.1. The Bertz CT molecular complexity index is 352. The molecule has 1 unspecified atom stereocenters. The average Bonchev–Trinajstić information content (AvgIpc) is 2.39. The summed E-state index contributed by atoms with van der Waals surface area (Å²) in [7, 11) is 0. The van der Waals surface area contributed by atoms with E-state index in [0.717, 1.165) is 6.92 Å². The molecule has 0 aromatic carbocycles. The van der Waals surface area contributed by atoms with Gasteiger partial charge >= 0.3 is 18.1 Å². The Morgan fingerprint density at radius 1 is 1.10 bits per heavy atom. The van der Waals surface area contributed by atoms with Crippen LogP contribution in [0.25, 0.3) is 0 Å². The van der Waals surface area contributed by atoms with E-state index in [0.29, 0.717) is 6.42 Å². The lowest BCUT2D eigenvalue weighted by atomic mass is 9.91. The minimum absolute atomic E-state index is 0.150. The second kappa shape index (κ2) is 8.21. The first kappa shape index (κ1) is 19.7. The van der Waals surface area contributed by atoms with E-state index in [2.05, 4.69) is 9.47 Å². The van der Waals surface area contributed by atoms with Crippen molar-refractivity contribution in [3.63, 3.8) is 0 Å². The van der Waals surface area contributed by atoms with Gasteiger partial charge in [-0.1, -0.05) is 6.92 Å². The van der Waals surface area contributed by atoms with Crippen LogP contribution in [0.5, 0.6) is 0 Å². The van der Waals surface area contributed by atoms with E-state index in [4.69, 9.17) is 4.74 Å². The maximum absolute atomic E-state index is 12.1. The molecule has 0 aliphatic carbocycles. The highest BCUT2D eigenvalue weighted by molar-refractivity contribution is 5.75. The number of esters is 2. The molecular formula is C13H21F3O5. The van der Waals surface area contributed by atoms with Crippen molar-refractivity contribution in [1.29, 1.82) is 0 Å². The first-order chi connectivity index (χ1) is 9.50. The molecule has 0 spiro atoms. The monoisotopic (exact) mass is 314 g/mol. The summed E-state index contributed by atoms with van der Waals surface area (Å²) in [5, 5.41) is 0. The van der Waals surface area contributed by atoms with Crippen LogP contribution in [-0.2, 0) is 23.8 Å². The van der Waals surface area contributed by atoms with Gasteiger partial charge in [-0.3, -0.25) is 4.79 Å². The predicted molar refractivity (Wildman–Crippen MR) is 67.5 cm³/mol. The zero-order valence-electron chi connectivity index (χ0n) is 12.6. The van der Waals surface area contributed by atoms with Gasteiger partial charge in [0.1, 0.15) is 19.8 Å². The van der Waals surface area contributed by atoms with Crippen molar-refractivity contribution in [3.8, 4) is 0 Å². The fraction of sp³-hybridized carbons (Fsp3) is 0.846. The molecule has 0 saturated heterocycles. The lowest BCUT2D eigenvalue weighted by molar-refractivity contribution is -0.216. The van der Waals surface area contributed by atoms with Crippen LogP contribution in [-0.4, -0.2) is 44.0 Å². The van der Waals surface area contributed by atoms with Crippen molar-refractivity contribution in [2.75, 3.05) is 19.8 Å². The minimum Gasteiger partial charge on any atom is -0.462 e.